The number of amides is 3. The summed E-state index contributed by atoms with van der Waals surface area (Å²) in [7, 11) is 0. The summed E-state index contributed by atoms with van der Waals surface area (Å²) in [5.74, 6) is -2.52. The SMILES string of the molecule is O=C(O)[C@@H]1CCCCN1C(=O)c1ccccc1N1C(=O)c2ccccc2C1=O. The number of carboxylic acids is 1. The van der Waals surface area contributed by atoms with E-state index in [0.29, 0.717) is 19.4 Å². The summed E-state index contributed by atoms with van der Waals surface area (Å²) in [6.45, 7) is 0.326. The Labute approximate surface area is 161 Å². The minimum absolute atomic E-state index is 0.144. The van der Waals surface area contributed by atoms with Gasteiger partial charge in [0.15, 0.2) is 0 Å². The maximum Gasteiger partial charge on any atom is 0.326 e. The standard InChI is InChI=1S/C21H18N2O5/c24-18(22-12-6-5-11-17(22)21(27)28)15-9-3-4-10-16(15)23-19(25)13-7-1-2-8-14(13)20(23)26/h1-4,7-10,17H,5-6,11-12H2,(H,27,28)/t17-/m0/s1. The Morgan fingerprint density at radius 3 is 2.14 bits per heavy atom. The van der Waals surface area contributed by atoms with Gasteiger partial charge in [0.1, 0.15) is 6.04 Å². The summed E-state index contributed by atoms with van der Waals surface area (Å²) < 4.78 is 0. The first-order valence-electron chi connectivity index (χ1n) is 9.11. The molecule has 3 amide bonds. The first-order valence-corrected chi connectivity index (χ1v) is 9.11. The molecule has 2 aliphatic heterocycles. The first kappa shape index (κ1) is 17.9. The monoisotopic (exact) mass is 378 g/mol. The number of benzene rings is 2. The first-order chi connectivity index (χ1) is 13.5. The number of rotatable bonds is 3. The van der Waals surface area contributed by atoms with E-state index in [1.807, 2.05) is 0 Å². The number of likely N-dealkylation sites (tertiary alicyclic amines) is 1. The van der Waals surface area contributed by atoms with Gasteiger partial charge in [-0.25, -0.2) is 9.69 Å². The molecule has 0 spiro atoms. The zero-order valence-electron chi connectivity index (χ0n) is 15.0. The number of piperidine rings is 1. The van der Waals surface area contributed by atoms with Crippen molar-refractivity contribution in [1.82, 2.24) is 4.90 Å². The fourth-order valence-corrected chi connectivity index (χ4v) is 3.84. The van der Waals surface area contributed by atoms with E-state index in [-0.39, 0.29) is 22.4 Å². The van der Waals surface area contributed by atoms with Gasteiger partial charge in [0.25, 0.3) is 17.7 Å². The number of para-hydroxylation sites is 1. The lowest BCUT2D eigenvalue weighted by Gasteiger charge is -2.33. The van der Waals surface area contributed by atoms with Gasteiger partial charge in [0, 0.05) is 6.54 Å². The molecule has 0 unspecified atom stereocenters. The van der Waals surface area contributed by atoms with Crippen molar-refractivity contribution in [2.75, 3.05) is 11.4 Å². The molecule has 142 valence electrons. The minimum Gasteiger partial charge on any atom is -0.480 e. The number of carbonyl (C=O) groups is 4. The molecule has 2 heterocycles. The number of imide groups is 1. The normalized spacial score (nSPS) is 18.9. The molecule has 1 N–H and O–H groups in total. The van der Waals surface area contributed by atoms with E-state index in [2.05, 4.69) is 0 Å². The van der Waals surface area contributed by atoms with Gasteiger partial charge in [-0.05, 0) is 43.5 Å². The fraction of sp³-hybridized carbons (Fsp3) is 0.238. The highest BCUT2D eigenvalue weighted by Crippen LogP contribution is 2.32. The van der Waals surface area contributed by atoms with E-state index in [1.54, 1.807) is 36.4 Å². The number of carboxylic acid groups (broad SMARTS) is 1. The molecule has 7 heteroatoms. The van der Waals surface area contributed by atoms with Crippen LogP contribution in [0.1, 0.15) is 50.3 Å². The summed E-state index contributed by atoms with van der Waals surface area (Å²) in [4.78, 5) is 52.7. The lowest BCUT2D eigenvalue weighted by molar-refractivity contribution is -0.143. The van der Waals surface area contributed by atoms with E-state index >= 15 is 0 Å². The van der Waals surface area contributed by atoms with E-state index in [1.165, 1.54) is 17.0 Å². The molecule has 1 saturated heterocycles. The molecule has 7 nitrogen and oxygen atoms in total. The maximum atomic E-state index is 13.2. The Balaban J connectivity index is 1.74. The summed E-state index contributed by atoms with van der Waals surface area (Å²) in [6, 6.07) is 11.9. The van der Waals surface area contributed by atoms with Gasteiger partial charge >= 0.3 is 5.97 Å². The van der Waals surface area contributed by atoms with Crippen molar-refractivity contribution in [2.24, 2.45) is 0 Å². The van der Waals surface area contributed by atoms with Gasteiger partial charge in [-0.15, -0.1) is 0 Å². The Bertz CT molecular complexity index is 965. The number of hydrogen-bond donors (Lipinski definition) is 1. The molecule has 0 saturated carbocycles. The molecule has 1 atom stereocenters. The van der Waals surface area contributed by atoms with Crippen LogP contribution in [0.5, 0.6) is 0 Å². The van der Waals surface area contributed by atoms with Crippen LogP contribution >= 0.6 is 0 Å². The molecule has 4 rings (SSSR count). The van der Waals surface area contributed by atoms with Crippen LogP contribution in [-0.2, 0) is 4.79 Å². The molecule has 2 aliphatic rings. The van der Waals surface area contributed by atoms with Gasteiger partial charge in [-0.2, -0.15) is 0 Å². The average molecular weight is 378 g/mol. The summed E-state index contributed by atoms with van der Waals surface area (Å²) in [6.07, 6.45) is 1.84. The highest BCUT2D eigenvalue weighted by atomic mass is 16.4. The van der Waals surface area contributed by atoms with Gasteiger partial charge < -0.3 is 10.0 Å². The largest absolute Gasteiger partial charge is 0.480 e. The van der Waals surface area contributed by atoms with Crippen molar-refractivity contribution >= 4 is 29.4 Å². The third kappa shape index (κ3) is 2.76. The molecule has 28 heavy (non-hydrogen) atoms. The Hall–Kier alpha value is -3.48. The number of anilines is 1. The van der Waals surface area contributed by atoms with E-state index in [0.717, 1.165) is 11.3 Å². The minimum atomic E-state index is -1.05. The molecule has 0 bridgehead atoms. The van der Waals surface area contributed by atoms with Crippen LogP contribution in [0.25, 0.3) is 0 Å². The predicted octanol–water partition coefficient (Wildman–Crippen LogP) is 2.57. The Morgan fingerprint density at radius 1 is 0.893 bits per heavy atom. The summed E-state index contributed by atoms with van der Waals surface area (Å²) in [5.41, 5.74) is 0.894. The molecule has 2 aromatic rings. The molecule has 0 radical (unpaired) electrons. The van der Waals surface area contributed by atoms with E-state index < -0.39 is 29.7 Å². The van der Waals surface area contributed by atoms with Gasteiger partial charge in [0.2, 0.25) is 0 Å². The zero-order chi connectivity index (χ0) is 19.8. The summed E-state index contributed by atoms with van der Waals surface area (Å²) >= 11 is 0. The number of carbonyl (C=O) groups excluding carboxylic acids is 3. The number of nitrogens with zero attached hydrogens (tertiary/aromatic N) is 2. The maximum absolute atomic E-state index is 13.2. The second-order valence-corrected chi connectivity index (χ2v) is 6.86. The Kier molecular flexibility index (Phi) is 4.43. The van der Waals surface area contributed by atoms with Crippen molar-refractivity contribution in [2.45, 2.75) is 25.3 Å². The van der Waals surface area contributed by atoms with Crippen LogP contribution in [0.2, 0.25) is 0 Å². The van der Waals surface area contributed by atoms with Crippen LogP contribution in [0.4, 0.5) is 5.69 Å². The lowest BCUT2D eigenvalue weighted by Crippen LogP contribution is -2.48. The second kappa shape index (κ2) is 6.92. The highest BCUT2D eigenvalue weighted by molar-refractivity contribution is 6.35. The molecular weight excluding hydrogens is 360 g/mol. The predicted molar refractivity (Wildman–Crippen MR) is 100 cm³/mol. The topological polar surface area (TPSA) is 95.0 Å². The van der Waals surface area contributed by atoms with Crippen molar-refractivity contribution in [1.29, 1.82) is 0 Å². The number of hydrogen-bond acceptors (Lipinski definition) is 4. The van der Waals surface area contributed by atoms with Crippen LogP contribution < -0.4 is 4.90 Å². The van der Waals surface area contributed by atoms with Crippen molar-refractivity contribution in [3.8, 4) is 0 Å². The Morgan fingerprint density at radius 2 is 1.50 bits per heavy atom. The van der Waals surface area contributed by atoms with Gasteiger partial charge in [-0.1, -0.05) is 24.3 Å². The van der Waals surface area contributed by atoms with Crippen LogP contribution in [0.3, 0.4) is 0 Å². The fourth-order valence-electron chi connectivity index (χ4n) is 3.84. The average Bonchev–Trinajstić information content (AvgIpc) is 2.98. The molecule has 2 aromatic carbocycles. The smallest absolute Gasteiger partial charge is 0.326 e. The molecule has 0 aromatic heterocycles. The second-order valence-electron chi connectivity index (χ2n) is 6.86. The third-order valence-electron chi connectivity index (χ3n) is 5.22. The van der Waals surface area contributed by atoms with E-state index in [9.17, 15) is 24.3 Å². The third-order valence-corrected chi connectivity index (χ3v) is 5.22. The van der Waals surface area contributed by atoms with Crippen LogP contribution in [-0.4, -0.2) is 46.3 Å². The number of aliphatic carboxylic acids is 1. The van der Waals surface area contributed by atoms with Crippen LogP contribution in [0.15, 0.2) is 48.5 Å². The number of fused-ring (bicyclic) bond motifs is 1. The van der Waals surface area contributed by atoms with Crippen molar-refractivity contribution in [3.05, 3.63) is 65.2 Å². The van der Waals surface area contributed by atoms with Gasteiger partial charge in [0.05, 0.1) is 22.4 Å². The van der Waals surface area contributed by atoms with E-state index in [4.69, 9.17) is 0 Å². The van der Waals surface area contributed by atoms with Crippen molar-refractivity contribution in [3.63, 3.8) is 0 Å². The highest BCUT2D eigenvalue weighted by Gasteiger charge is 2.39. The summed E-state index contributed by atoms with van der Waals surface area (Å²) in [5, 5.41) is 9.48. The lowest BCUT2D eigenvalue weighted by atomic mass is 10.00. The zero-order valence-corrected chi connectivity index (χ0v) is 15.0. The molecule has 0 aliphatic carbocycles. The van der Waals surface area contributed by atoms with Gasteiger partial charge in [-0.3, -0.25) is 14.4 Å². The van der Waals surface area contributed by atoms with Crippen molar-refractivity contribution < 1.29 is 24.3 Å². The van der Waals surface area contributed by atoms with Crippen LogP contribution in [0, 0.1) is 0 Å². The molecule has 1 fully saturated rings. The quantitative estimate of drug-likeness (QED) is 0.829. The molecular formula is C21H18N2O5.